The van der Waals surface area contributed by atoms with Crippen LogP contribution in [0, 0.1) is 15.5 Å². The Labute approximate surface area is 141 Å². The quantitative estimate of drug-likeness (QED) is 0.564. The number of piperidine rings is 1. The number of anilines is 1. The summed E-state index contributed by atoms with van der Waals surface area (Å²) in [6.07, 6.45) is 3.31. The van der Waals surface area contributed by atoms with E-state index in [1.54, 1.807) is 11.8 Å². The fraction of sp³-hybridized carbons (Fsp3) is 0.429. The molecule has 2 aromatic rings. The topological polar surface area (TPSA) is 89.9 Å². The van der Waals surface area contributed by atoms with Crippen molar-refractivity contribution < 1.29 is 4.79 Å². The summed E-state index contributed by atoms with van der Waals surface area (Å²) in [4.78, 5) is 22.1. The van der Waals surface area contributed by atoms with E-state index in [0.717, 1.165) is 34.1 Å². The maximum atomic E-state index is 12.0. The second-order valence-corrected chi connectivity index (χ2v) is 6.14. The van der Waals surface area contributed by atoms with Crippen LogP contribution in [0.3, 0.4) is 0 Å². The van der Waals surface area contributed by atoms with Crippen molar-refractivity contribution in [3.05, 3.63) is 10.0 Å². The van der Waals surface area contributed by atoms with Crippen molar-refractivity contribution >= 4 is 45.3 Å². The molecule has 1 fully saturated rings. The van der Waals surface area contributed by atoms with Crippen molar-refractivity contribution in [3.8, 4) is 11.8 Å². The van der Waals surface area contributed by atoms with Gasteiger partial charge >= 0.3 is 0 Å². The van der Waals surface area contributed by atoms with Crippen LogP contribution in [0.5, 0.6) is 0 Å². The molecule has 0 radical (unpaired) electrons. The number of halogens is 1. The second kappa shape index (κ2) is 6.08. The normalized spacial score (nSPS) is 18.1. The molecule has 1 amide bonds. The van der Waals surface area contributed by atoms with E-state index in [4.69, 9.17) is 5.73 Å². The Hall–Kier alpha value is -1.89. The van der Waals surface area contributed by atoms with Gasteiger partial charge in [0.05, 0.1) is 11.4 Å². The third kappa shape index (κ3) is 2.61. The number of aromatic nitrogens is 4. The van der Waals surface area contributed by atoms with Crippen molar-refractivity contribution in [3.63, 3.8) is 0 Å². The first-order valence-corrected chi connectivity index (χ1v) is 8.05. The monoisotopic (exact) mass is 410 g/mol. The van der Waals surface area contributed by atoms with Gasteiger partial charge in [-0.25, -0.2) is 14.6 Å². The first-order chi connectivity index (χ1) is 10.6. The van der Waals surface area contributed by atoms with Crippen LogP contribution in [0.1, 0.15) is 25.8 Å². The van der Waals surface area contributed by atoms with Crippen LogP contribution in [-0.4, -0.2) is 43.6 Å². The molecule has 1 unspecified atom stereocenters. The maximum absolute atomic E-state index is 12.0. The van der Waals surface area contributed by atoms with E-state index in [1.165, 1.54) is 6.33 Å². The van der Waals surface area contributed by atoms with Gasteiger partial charge in [-0.3, -0.25) is 4.79 Å². The number of hydrogen-bond acceptors (Lipinski definition) is 5. The molecule has 7 nitrogen and oxygen atoms in total. The van der Waals surface area contributed by atoms with Crippen LogP contribution < -0.4 is 5.73 Å². The zero-order valence-corrected chi connectivity index (χ0v) is 14.2. The van der Waals surface area contributed by atoms with Gasteiger partial charge in [0.2, 0.25) is 0 Å². The van der Waals surface area contributed by atoms with Crippen LogP contribution in [0.15, 0.2) is 6.33 Å². The molecule has 1 saturated heterocycles. The minimum atomic E-state index is -0.132. The molecule has 3 rings (SSSR count). The zero-order valence-electron chi connectivity index (χ0n) is 12.1. The molecule has 22 heavy (non-hydrogen) atoms. The number of nitrogens with zero attached hydrogens (tertiary/aromatic N) is 5. The molecule has 8 heteroatoms. The maximum Gasteiger partial charge on any atom is 0.298 e. The minimum Gasteiger partial charge on any atom is -0.383 e. The van der Waals surface area contributed by atoms with Gasteiger partial charge in [-0.2, -0.15) is 5.10 Å². The zero-order chi connectivity index (χ0) is 15.7. The Balaban J connectivity index is 1.95. The number of hydrogen-bond donors (Lipinski definition) is 1. The van der Waals surface area contributed by atoms with Crippen molar-refractivity contribution in [2.45, 2.75) is 25.8 Å². The van der Waals surface area contributed by atoms with E-state index in [1.807, 2.05) is 4.68 Å². The van der Waals surface area contributed by atoms with E-state index >= 15 is 0 Å². The largest absolute Gasteiger partial charge is 0.383 e. The average Bonchev–Trinajstić information content (AvgIpc) is 2.86. The Morgan fingerprint density at radius 2 is 2.32 bits per heavy atom. The number of nitrogens with two attached hydrogens (primary N) is 1. The Bertz CT molecular complexity index is 790. The highest BCUT2D eigenvalue weighted by Gasteiger charge is 2.27. The summed E-state index contributed by atoms with van der Waals surface area (Å²) in [5, 5.41) is 5.34. The van der Waals surface area contributed by atoms with Gasteiger partial charge in [-0.05, 0) is 48.3 Å². The van der Waals surface area contributed by atoms with Crippen LogP contribution >= 0.6 is 22.6 Å². The summed E-state index contributed by atoms with van der Waals surface area (Å²) in [5.74, 6) is 5.56. The Kier molecular flexibility index (Phi) is 4.15. The minimum absolute atomic E-state index is 0.0803. The standard InChI is InChI=1S/C14H15IN6O/c1-2-4-10(22)20-6-3-5-9(7-20)21-14-11(12(15)19-21)13(16)17-8-18-14/h8-9H,3,5-7H2,1H3,(H2,16,17,18). The van der Waals surface area contributed by atoms with E-state index < -0.39 is 0 Å². The third-order valence-electron chi connectivity index (χ3n) is 3.74. The predicted octanol–water partition coefficient (Wildman–Crippen LogP) is 1.20. The van der Waals surface area contributed by atoms with Crippen molar-refractivity contribution in [2.24, 2.45) is 0 Å². The molecule has 0 saturated carbocycles. The SMILES string of the molecule is CC#CC(=O)N1CCCC(n2nc(I)c3c(N)ncnc32)C1. The summed E-state index contributed by atoms with van der Waals surface area (Å²) in [6, 6.07) is 0.0803. The summed E-state index contributed by atoms with van der Waals surface area (Å²) < 4.78 is 2.65. The number of rotatable bonds is 1. The highest BCUT2D eigenvalue weighted by atomic mass is 127. The lowest BCUT2D eigenvalue weighted by molar-refractivity contribution is -0.126. The Morgan fingerprint density at radius 1 is 1.50 bits per heavy atom. The lowest BCUT2D eigenvalue weighted by atomic mass is 10.1. The molecule has 1 aliphatic heterocycles. The summed E-state index contributed by atoms with van der Waals surface area (Å²) >= 11 is 2.14. The molecule has 0 aliphatic carbocycles. The molecule has 2 aromatic heterocycles. The summed E-state index contributed by atoms with van der Waals surface area (Å²) in [5.41, 5.74) is 6.64. The number of nitrogen functional groups attached to an aromatic ring is 1. The molecule has 1 aliphatic rings. The fourth-order valence-corrected chi connectivity index (χ4v) is 3.48. The lowest BCUT2D eigenvalue weighted by Gasteiger charge is -2.31. The molecule has 114 valence electrons. The molecule has 0 spiro atoms. The number of carbonyl (C=O) groups excluding carboxylic acids is 1. The molecule has 0 bridgehead atoms. The van der Waals surface area contributed by atoms with E-state index in [-0.39, 0.29) is 11.9 Å². The molecule has 1 atom stereocenters. The van der Waals surface area contributed by atoms with Gasteiger partial charge in [0.15, 0.2) is 5.65 Å². The number of fused-ring (bicyclic) bond motifs is 1. The van der Waals surface area contributed by atoms with Crippen LogP contribution in [0.4, 0.5) is 5.82 Å². The third-order valence-corrected chi connectivity index (χ3v) is 4.49. The van der Waals surface area contributed by atoms with E-state index in [0.29, 0.717) is 12.4 Å². The van der Waals surface area contributed by atoms with E-state index in [2.05, 4.69) is 49.5 Å². The van der Waals surface area contributed by atoms with Gasteiger partial charge in [0.1, 0.15) is 15.8 Å². The van der Waals surface area contributed by atoms with Crippen molar-refractivity contribution in [2.75, 3.05) is 18.8 Å². The second-order valence-electron chi connectivity index (χ2n) is 5.12. The highest BCUT2D eigenvalue weighted by Crippen LogP contribution is 2.28. The Morgan fingerprint density at radius 3 is 3.09 bits per heavy atom. The molecular weight excluding hydrogens is 395 g/mol. The van der Waals surface area contributed by atoms with Gasteiger partial charge < -0.3 is 10.6 Å². The predicted molar refractivity (Wildman–Crippen MR) is 90.8 cm³/mol. The first kappa shape index (κ1) is 15.0. The number of amides is 1. The number of likely N-dealkylation sites (tertiary alicyclic amines) is 1. The molecule has 0 aromatic carbocycles. The van der Waals surface area contributed by atoms with Crippen molar-refractivity contribution in [1.82, 2.24) is 24.6 Å². The van der Waals surface area contributed by atoms with Gasteiger partial charge in [0.25, 0.3) is 5.91 Å². The van der Waals surface area contributed by atoms with Gasteiger partial charge in [0, 0.05) is 13.1 Å². The molecular formula is C14H15IN6O. The van der Waals surface area contributed by atoms with Crippen LogP contribution in [-0.2, 0) is 4.79 Å². The van der Waals surface area contributed by atoms with E-state index in [9.17, 15) is 4.79 Å². The van der Waals surface area contributed by atoms with Gasteiger partial charge in [-0.1, -0.05) is 5.92 Å². The smallest absolute Gasteiger partial charge is 0.298 e. The van der Waals surface area contributed by atoms with Crippen LogP contribution in [0.25, 0.3) is 11.0 Å². The summed E-state index contributed by atoms with van der Waals surface area (Å²) in [7, 11) is 0. The molecule has 2 N–H and O–H groups in total. The summed E-state index contributed by atoms with van der Waals surface area (Å²) in [6.45, 7) is 2.99. The molecule has 3 heterocycles. The highest BCUT2D eigenvalue weighted by molar-refractivity contribution is 14.1. The van der Waals surface area contributed by atoms with Gasteiger partial charge in [-0.15, -0.1) is 0 Å². The first-order valence-electron chi connectivity index (χ1n) is 6.97. The van der Waals surface area contributed by atoms with Crippen LogP contribution in [0.2, 0.25) is 0 Å². The fourth-order valence-electron chi connectivity index (χ4n) is 2.73. The number of carbonyl (C=O) groups is 1. The van der Waals surface area contributed by atoms with Crippen molar-refractivity contribution in [1.29, 1.82) is 0 Å². The lowest BCUT2D eigenvalue weighted by Crippen LogP contribution is -2.40. The average molecular weight is 410 g/mol.